The Labute approximate surface area is 189 Å². The second kappa shape index (κ2) is 7.59. The Morgan fingerprint density at radius 2 is 1.68 bits per heavy atom. The summed E-state index contributed by atoms with van der Waals surface area (Å²) in [4.78, 5) is 14.8. The zero-order valence-corrected chi connectivity index (χ0v) is 19.3. The van der Waals surface area contributed by atoms with Gasteiger partial charge in [-0.3, -0.25) is 13.8 Å². The molecule has 0 bridgehead atoms. The zero-order chi connectivity index (χ0) is 21.7. The van der Waals surface area contributed by atoms with Gasteiger partial charge in [0.05, 0.1) is 22.3 Å². The SMILES string of the molecule is Cc1cccc(-c2sc(=S)n3c4ccccc4c(=O)n(Cc4cc(C)ccc4C)c23)c1. The number of nitrogens with zero attached hydrogens (tertiary/aromatic N) is 2. The van der Waals surface area contributed by atoms with Gasteiger partial charge in [-0.1, -0.05) is 65.7 Å². The van der Waals surface area contributed by atoms with Gasteiger partial charge in [0.1, 0.15) is 5.65 Å². The van der Waals surface area contributed by atoms with E-state index in [1.54, 1.807) is 11.3 Å². The monoisotopic (exact) mass is 442 g/mol. The number of rotatable bonds is 3. The molecule has 0 amide bonds. The first-order chi connectivity index (χ1) is 14.9. The van der Waals surface area contributed by atoms with Crippen LogP contribution in [0.2, 0.25) is 0 Å². The number of aromatic nitrogens is 2. The molecule has 5 heteroatoms. The number of aryl methyl sites for hydroxylation is 3. The fourth-order valence-electron chi connectivity index (χ4n) is 4.18. The van der Waals surface area contributed by atoms with Crippen molar-refractivity contribution in [1.29, 1.82) is 0 Å². The van der Waals surface area contributed by atoms with E-state index in [1.807, 2.05) is 28.8 Å². The van der Waals surface area contributed by atoms with E-state index in [-0.39, 0.29) is 5.56 Å². The van der Waals surface area contributed by atoms with Crippen LogP contribution in [0.5, 0.6) is 0 Å². The molecule has 0 unspecified atom stereocenters. The van der Waals surface area contributed by atoms with Crippen LogP contribution in [0.25, 0.3) is 27.0 Å². The number of thiazole rings is 1. The lowest BCUT2D eigenvalue weighted by molar-refractivity contribution is 0.775. The maximum Gasteiger partial charge on any atom is 0.261 e. The van der Waals surface area contributed by atoms with Crippen molar-refractivity contribution in [2.24, 2.45) is 0 Å². The summed E-state index contributed by atoms with van der Waals surface area (Å²) in [5, 5.41) is 0.685. The van der Waals surface area contributed by atoms with E-state index in [4.69, 9.17) is 12.2 Å². The van der Waals surface area contributed by atoms with Gasteiger partial charge in [-0.25, -0.2) is 0 Å². The van der Waals surface area contributed by atoms with Crippen LogP contribution < -0.4 is 5.56 Å². The Bertz CT molecular complexity index is 1590. The van der Waals surface area contributed by atoms with Crippen molar-refractivity contribution in [2.75, 3.05) is 0 Å². The third kappa shape index (κ3) is 3.34. The standard InChI is InChI=1S/C26H22N2OS2/c1-16-7-6-8-19(13-16)23-24-27(15-20-14-17(2)11-12-18(20)3)25(29)21-9-4-5-10-22(21)28(24)26(30)31-23/h4-14H,15H2,1-3H3. The summed E-state index contributed by atoms with van der Waals surface area (Å²) in [6, 6.07) is 22.5. The van der Waals surface area contributed by atoms with Crippen LogP contribution in [-0.2, 0) is 6.54 Å². The number of hydrogen-bond donors (Lipinski definition) is 0. The maximum absolute atomic E-state index is 13.7. The Morgan fingerprint density at radius 1 is 0.903 bits per heavy atom. The molecule has 0 N–H and O–H groups in total. The molecule has 0 saturated carbocycles. The van der Waals surface area contributed by atoms with Gasteiger partial charge in [-0.15, -0.1) is 11.3 Å². The molecular formula is C26H22N2OS2. The molecule has 0 radical (unpaired) electrons. The molecule has 2 heterocycles. The molecule has 0 atom stereocenters. The topological polar surface area (TPSA) is 26.4 Å². The first kappa shape index (κ1) is 19.9. The highest BCUT2D eigenvalue weighted by molar-refractivity contribution is 7.73. The van der Waals surface area contributed by atoms with Crippen LogP contribution in [-0.4, -0.2) is 8.97 Å². The van der Waals surface area contributed by atoms with E-state index in [1.165, 1.54) is 16.7 Å². The van der Waals surface area contributed by atoms with Gasteiger partial charge in [0, 0.05) is 0 Å². The summed E-state index contributed by atoms with van der Waals surface area (Å²) in [5.41, 5.74) is 7.51. The van der Waals surface area contributed by atoms with Gasteiger partial charge in [-0.2, -0.15) is 0 Å². The Morgan fingerprint density at radius 3 is 2.48 bits per heavy atom. The van der Waals surface area contributed by atoms with Crippen molar-refractivity contribution in [3.05, 3.63) is 103 Å². The van der Waals surface area contributed by atoms with Gasteiger partial charge in [0.15, 0.2) is 3.95 Å². The molecule has 5 aromatic rings. The lowest BCUT2D eigenvalue weighted by Gasteiger charge is -2.15. The van der Waals surface area contributed by atoms with Crippen LogP contribution in [0, 0.1) is 24.7 Å². The summed E-state index contributed by atoms with van der Waals surface area (Å²) in [7, 11) is 0. The van der Waals surface area contributed by atoms with E-state index in [0.29, 0.717) is 11.9 Å². The van der Waals surface area contributed by atoms with Gasteiger partial charge in [-0.05, 0) is 61.8 Å². The van der Waals surface area contributed by atoms with E-state index >= 15 is 0 Å². The predicted octanol–water partition coefficient (Wildman–Crippen LogP) is 6.69. The first-order valence-corrected chi connectivity index (χ1v) is 11.5. The molecule has 31 heavy (non-hydrogen) atoms. The summed E-state index contributed by atoms with van der Waals surface area (Å²) >= 11 is 7.38. The summed E-state index contributed by atoms with van der Waals surface area (Å²) < 4.78 is 4.71. The van der Waals surface area contributed by atoms with Crippen molar-refractivity contribution < 1.29 is 0 Å². The van der Waals surface area contributed by atoms with Crippen molar-refractivity contribution in [1.82, 2.24) is 8.97 Å². The molecule has 0 spiro atoms. The minimum absolute atomic E-state index is 0.0122. The van der Waals surface area contributed by atoms with Crippen LogP contribution in [0.1, 0.15) is 22.3 Å². The lowest BCUT2D eigenvalue weighted by Crippen LogP contribution is -2.24. The van der Waals surface area contributed by atoms with Crippen molar-refractivity contribution >= 4 is 40.1 Å². The van der Waals surface area contributed by atoms with Crippen LogP contribution in [0.3, 0.4) is 0 Å². The van der Waals surface area contributed by atoms with Crippen molar-refractivity contribution in [2.45, 2.75) is 27.3 Å². The van der Waals surface area contributed by atoms with Crippen molar-refractivity contribution in [3.8, 4) is 10.4 Å². The number of para-hydroxylation sites is 1. The average molecular weight is 443 g/mol. The van der Waals surface area contributed by atoms with Gasteiger partial charge in [0.2, 0.25) is 0 Å². The highest BCUT2D eigenvalue weighted by Gasteiger charge is 2.19. The van der Waals surface area contributed by atoms with Gasteiger partial charge >= 0.3 is 0 Å². The summed E-state index contributed by atoms with van der Waals surface area (Å²) in [5.74, 6) is 0. The number of hydrogen-bond acceptors (Lipinski definition) is 3. The Kier molecular flexibility index (Phi) is 4.88. The highest BCUT2D eigenvalue weighted by atomic mass is 32.1. The molecule has 0 aliphatic carbocycles. The van der Waals surface area contributed by atoms with E-state index in [2.05, 4.69) is 67.6 Å². The molecule has 5 rings (SSSR count). The molecule has 3 aromatic carbocycles. The first-order valence-electron chi connectivity index (χ1n) is 10.2. The number of benzene rings is 3. The quantitative estimate of drug-likeness (QED) is 0.291. The fraction of sp³-hybridized carbons (Fsp3) is 0.154. The van der Waals surface area contributed by atoms with Crippen LogP contribution in [0.15, 0.2) is 71.5 Å². The molecule has 2 aromatic heterocycles. The molecule has 0 fully saturated rings. The predicted molar refractivity (Wildman–Crippen MR) is 133 cm³/mol. The average Bonchev–Trinajstić information content (AvgIpc) is 3.11. The Balaban J connectivity index is 1.92. The normalized spacial score (nSPS) is 11.5. The zero-order valence-electron chi connectivity index (χ0n) is 17.7. The molecular weight excluding hydrogens is 420 g/mol. The summed E-state index contributed by atoms with van der Waals surface area (Å²) in [6.45, 7) is 6.77. The van der Waals surface area contributed by atoms with Gasteiger partial charge in [0.25, 0.3) is 5.56 Å². The lowest BCUT2D eigenvalue weighted by atomic mass is 10.1. The highest BCUT2D eigenvalue weighted by Crippen LogP contribution is 2.34. The van der Waals surface area contributed by atoms with Crippen molar-refractivity contribution in [3.63, 3.8) is 0 Å². The third-order valence-corrected chi connectivity index (χ3v) is 7.19. The minimum Gasteiger partial charge on any atom is -0.288 e. The van der Waals surface area contributed by atoms with Crippen LogP contribution >= 0.6 is 23.6 Å². The summed E-state index contributed by atoms with van der Waals surface area (Å²) in [6.07, 6.45) is 0. The minimum atomic E-state index is 0.0122. The fourth-order valence-corrected chi connectivity index (χ4v) is 5.60. The molecule has 0 aliphatic heterocycles. The third-order valence-electron chi connectivity index (χ3n) is 5.78. The van der Waals surface area contributed by atoms with E-state index in [0.717, 1.165) is 31.1 Å². The van der Waals surface area contributed by atoms with E-state index in [9.17, 15) is 4.79 Å². The smallest absolute Gasteiger partial charge is 0.261 e. The second-order valence-corrected chi connectivity index (χ2v) is 9.71. The van der Waals surface area contributed by atoms with Crippen LogP contribution in [0.4, 0.5) is 0 Å². The maximum atomic E-state index is 13.7. The number of fused-ring (bicyclic) bond motifs is 3. The largest absolute Gasteiger partial charge is 0.288 e. The van der Waals surface area contributed by atoms with E-state index < -0.39 is 0 Å². The van der Waals surface area contributed by atoms with Gasteiger partial charge < -0.3 is 0 Å². The molecule has 0 aliphatic rings. The Hall–Kier alpha value is -3.02. The molecule has 3 nitrogen and oxygen atoms in total. The molecule has 0 saturated heterocycles. The molecule has 154 valence electrons. The second-order valence-electron chi connectivity index (χ2n) is 8.06.